The zero-order valence-electron chi connectivity index (χ0n) is 21.4. The van der Waals surface area contributed by atoms with E-state index in [0.717, 1.165) is 0 Å². The van der Waals surface area contributed by atoms with Gasteiger partial charge in [0.25, 0.3) is 15.9 Å². The van der Waals surface area contributed by atoms with Crippen molar-refractivity contribution in [3.8, 4) is 0 Å². The van der Waals surface area contributed by atoms with E-state index in [4.69, 9.17) is 9.47 Å². The average Bonchev–Trinajstić information content (AvgIpc) is 3.34. The minimum absolute atomic E-state index is 0.0478. The van der Waals surface area contributed by atoms with Crippen molar-refractivity contribution in [2.24, 2.45) is 0 Å². The van der Waals surface area contributed by atoms with Gasteiger partial charge in [0.05, 0.1) is 24.5 Å². The fourth-order valence-electron chi connectivity index (χ4n) is 4.19. The number of H-pyrrole nitrogens is 1. The number of amides is 1. The fraction of sp³-hybridized carbons (Fsp3) is 0.222. The number of rotatable bonds is 9. The van der Waals surface area contributed by atoms with Crippen LogP contribution in [0, 0.1) is 6.92 Å². The minimum atomic E-state index is -3.98. The van der Waals surface area contributed by atoms with Crippen molar-refractivity contribution in [1.29, 1.82) is 0 Å². The number of benzene rings is 2. The summed E-state index contributed by atoms with van der Waals surface area (Å²) < 4.78 is 39.7. The van der Waals surface area contributed by atoms with Crippen LogP contribution < -0.4 is 10.0 Å². The molecule has 0 fully saturated rings. The van der Waals surface area contributed by atoms with Crippen molar-refractivity contribution in [2.45, 2.75) is 32.1 Å². The van der Waals surface area contributed by atoms with Crippen LogP contribution in [0.3, 0.4) is 0 Å². The largest absolute Gasteiger partial charge is 0.466 e. The topological polar surface area (TPSA) is 144 Å². The van der Waals surface area contributed by atoms with Gasteiger partial charge >= 0.3 is 11.9 Å². The van der Waals surface area contributed by atoms with Gasteiger partial charge in [-0.05, 0) is 63.2 Å². The quantitative estimate of drug-likeness (QED) is 0.234. The number of sulfonamides is 1. The van der Waals surface area contributed by atoms with Crippen LogP contribution in [0.5, 0.6) is 0 Å². The Morgan fingerprint density at radius 3 is 2.51 bits per heavy atom. The van der Waals surface area contributed by atoms with E-state index in [1.165, 1.54) is 24.3 Å². The van der Waals surface area contributed by atoms with Crippen LogP contribution in [0.25, 0.3) is 11.6 Å². The van der Waals surface area contributed by atoms with E-state index in [2.05, 4.69) is 31.0 Å². The van der Waals surface area contributed by atoms with Gasteiger partial charge in [-0.25, -0.2) is 13.2 Å². The highest BCUT2D eigenvalue weighted by Crippen LogP contribution is 2.37. The lowest BCUT2D eigenvalue weighted by molar-refractivity contribution is -0.142. The number of halogens is 1. The number of esters is 2. The Bertz CT molecular complexity index is 1610. The molecule has 0 saturated carbocycles. The second kappa shape index (κ2) is 11.5. The monoisotopic (exact) mass is 615 g/mol. The van der Waals surface area contributed by atoms with Crippen molar-refractivity contribution >= 4 is 66.8 Å². The molecule has 1 aliphatic rings. The first-order chi connectivity index (χ1) is 18.5. The number of ether oxygens (including phenoxy) is 2. The summed E-state index contributed by atoms with van der Waals surface area (Å²) in [5.74, 6) is -1.65. The number of carbonyl (C=O) groups is 3. The van der Waals surface area contributed by atoms with Gasteiger partial charge < -0.3 is 19.8 Å². The highest BCUT2D eigenvalue weighted by Gasteiger charge is 2.29. The van der Waals surface area contributed by atoms with Gasteiger partial charge in [-0.3, -0.25) is 14.3 Å². The van der Waals surface area contributed by atoms with Gasteiger partial charge in [-0.1, -0.05) is 22.0 Å². The predicted octanol–water partition coefficient (Wildman–Crippen LogP) is 4.66. The zero-order chi connectivity index (χ0) is 28.3. The summed E-state index contributed by atoms with van der Waals surface area (Å²) in [5.41, 5.74) is 2.69. The Kier molecular flexibility index (Phi) is 8.26. The third kappa shape index (κ3) is 6.07. The molecule has 2 aromatic carbocycles. The van der Waals surface area contributed by atoms with Crippen molar-refractivity contribution in [3.63, 3.8) is 0 Å². The average molecular weight is 616 g/mol. The number of fused-ring (bicyclic) bond motifs is 1. The molecule has 0 spiro atoms. The van der Waals surface area contributed by atoms with E-state index in [1.807, 2.05) is 0 Å². The van der Waals surface area contributed by atoms with Crippen molar-refractivity contribution in [2.75, 3.05) is 23.3 Å². The molecule has 0 radical (unpaired) electrons. The van der Waals surface area contributed by atoms with Crippen molar-refractivity contribution in [1.82, 2.24) is 4.98 Å². The summed E-state index contributed by atoms with van der Waals surface area (Å²) in [6.07, 6.45) is 1.30. The van der Waals surface area contributed by atoms with E-state index in [9.17, 15) is 22.8 Å². The lowest BCUT2D eigenvalue weighted by Gasteiger charge is -2.10. The second-order valence-electron chi connectivity index (χ2n) is 8.55. The van der Waals surface area contributed by atoms with Crippen LogP contribution in [-0.4, -0.2) is 44.5 Å². The molecular weight excluding hydrogens is 590 g/mol. The highest BCUT2D eigenvalue weighted by molar-refractivity contribution is 9.10. The first-order valence-corrected chi connectivity index (χ1v) is 14.3. The number of hydrogen-bond donors (Lipinski definition) is 3. The minimum Gasteiger partial charge on any atom is -0.466 e. The number of anilines is 2. The lowest BCUT2D eigenvalue weighted by atomic mass is 9.99. The van der Waals surface area contributed by atoms with Crippen molar-refractivity contribution in [3.05, 3.63) is 75.0 Å². The Morgan fingerprint density at radius 1 is 1.08 bits per heavy atom. The summed E-state index contributed by atoms with van der Waals surface area (Å²) in [6, 6.07) is 11.0. The van der Waals surface area contributed by atoms with E-state index in [1.54, 1.807) is 45.0 Å². The molecule has 39 heavy (non-hydrogen) atoms. The van der Waals surface area contributed by atoms with E-state index in [0.29, 0.717) is 38.2 Å². The molecule has 3 N–H and O–H groups in total. The summed E-state index contributed by atoms with van der Waals surface area (Å²) >= 11 is 3.32. The van der Waals surface area contributed by atoms with Gasteiger partial charge in [0.1, 0.15) is 5.69 Å². The smallest absolute Gasteiger partial charge is 0.355 e. The molecule has 1 amide bonds. The van der Waals surface area contributed by atoms with Crippen LogP contribution >= 0.6 is 15.9 Å². The highest BCUT2D eigenvalue weighted by atomic mass is 79.9. The molecule has 0 saturated heterocycles. The van der Waals surface area contributed by atoms with Gasteiger partial charge in [0.2, 0.25) is 0 Å². The third-order valence-corrected chi connectivity index (χ3v) is 7.77. The standard InChI is InChI=1S/C27H26BrN3O7S/c1-4-37-24(32)14-21-19(15(3)29-25(21)27(34)38-5-2)13-22-20-12-18(9-10-23(20)30-26(22)33)39(35,36)31-17-8-6-7-16(28)11-17/h6-13,29,31H,4-5,14H2,1-3H3,(H,30,33)/b22-13+. The van der Waals surface area contributed by atoms with E-state index in [-0.39, 0.29) is 35.8 Å². The molecule has 1 aromatic heterocycles. The van der Waals surface area contributed by atoms with Gasteiger partial charge in [0, 0.05) is 43.8 Å². The summed E-state index contributed by atoms with van der Waals surface area (Å²) in [5, 5.41) is 2.73. The molecule has 3 aromatic rings. The zero-order valence-corrected chi connectivity index (χ0v) is 23.8. The molecule has 0 atom stereocenters. The Balaban J connectivity index is 1.78. The number of aryl methyl sites for hydroxylation is 1. The normalized spacial score (nSPS) is 13.6. The molecule has 2 heterocycles. The molecule has 0 unspecified atom stereocenters. The molecular formula is C27H26BrN3O7S. The van der Waals surface area contributed by atoms with E-state index >= 15 is 0 Å². The van der Waals surface area contributed by atoms with Crippen LogP contribution in [-0.2, 0) is 35.5 Å². The van der Waals surface area contributed by atoms with Crippen molar-refractivity contribution < 1.29 is 32.3 Å². The Hall–Kier alpha value is -3.90. The SMILES string of the molecule is CCOC(=O)Cc1c(C(=O)OCC)[nH]c(C)c1/C=C1/C(=O)Nc2ccc(S(=O)(=O)Nc3cccc(Br)c3)cc21. The molecule has 0 aliphatic carbocycles. The lowest BCUT2D eigenvalue weighted by Crippen LogP contribution is -2.13. The van der Waals surface area contributed by atoms with Gasteiger partial charge in [-0.15, -0.1) is 0 Å². The maximum Gasteiger partial charge on any atom is 0.355 e. The number of aromatic nitrogens is 1. The number of aromatic amines is 1. The Labute approximate surface area is 234 Å². The van der Waals surface area contributed by atoms with Gasteiger partial charge in [-0.2, -0.15) is 0 Å². The third-order valence-electron chi connectivity index (χ3n) is 5.90. The summed E-state index contributed by atoms with van der Waals surface area (Å²) in [4.78, 5) is 40.9. The van der Waals surface area contributed by atoms with Crippen LogP contribution in [0.4, 0.5) is 11.4 Å². The number of hydrogen-bond acceptors (Lipinski definition) is 7. The van der Waals surface area contributed by atoms with Crippen LogP contribution in [0.2, 0.25) is 0 Å². The second-order valence-corrected chi connectivity index (χ2v) is 11.2. The number of nitrogens with one attached hydrogen (secondary N) is 3. The molecule has 1 aliphatic heterocycles. The van der Waals surface area contributed by atoms with Gasteiger partial charge in [0.15, 0.2) is 0 Å². The number of carbonyl (C=O) groups excluding carboxylic acids is 3. The maximum atomic E-state index is 13.1. The summed E-state index contributed by atoms with van der Waals surface area (Å²) in [7, 11) is -3.98. The van der Waals surface area contributed by atoms with Crippen LogP contribution in [0.1, 0.15) is 46.7 Å². The summed E-state index contributed by atoms with van der Waals surface area (Å²) in [6.45, 7) is 5.33. The molecule has 4 rings (SSSR count). The molecule has 10 nitrogen and oxygen atoms in total. The first-order valence-electron chi connectivity index (χ1n) is 12.0. The fourth-order valence-corrected chi connectivity index (χ4v) is 5.67. The predicted molar refractivity (Wildman–Crippen MR) is 150 cm³/mol. The molecule has 204 valence electrons. The molecule has 0 bridgehead atoms. The van der Waals surface area contributed by atoms with E-state index < -0.39 is 27.9 Å². The van der Waals surface area contributed by atoms with Crippen LogP contribution in [0.15, 0.2) is 51.8 Å². The first kappa shape index (κ1) is 28.1. The maximum absolute atomic E-state index is 13.1. The Morgan fingerprint density at radius 2 is 1.82 bits per heavy atom. The molecule has 12 heteroatoms.